The van der Waals surface area contributed by atoms with Crippen LogP contribution in [0.1, 0.15) is 30.5 Å². The lowest BCUT2D eigenvalue weighted by Gasteiger charge is -2.14. The van der Waals surface area contributed by atoms with Crippen LogP contribution in [0, 0.1) is 13.8 Å². The van der Waals surface area contributed by atoms with Crippen molar-refractivity contribution in [2.75, 3.05) is 13.2 Å². The predicted molar refractivity (Wildman–Crippen MR) is 75.1 cm³/mol. The van der Waals surface area contributed by atoms with Crippen molar-refractivity contribution in [3.8, 4) is 5.75 Å². The molecule has 0 unspecified atom stereocenters. The fourth-order valence-corrected chi connectivity index (χ4v) is 2.10. The zero-order valence-corrected chi connectivity index (χ0v) is 12.6. The van der Waals surface area contributed by atoms with E-state index >= 15 is 0 Å². The van der Waals surface area contributed by atoms with Crippen LogP contribution in [0.5, 0.6) is 5.75 Å². The summed E-state index contributed by atoms with van der Waals surface area (Å²) in [4.78, 5) is 0. The van der Waals surface area contributed by atoms with Gasteiger partial charge in [0.15, 0.2) is 0 Å². The number of ether oxygens (including phenoxy) is 2. The first-order valence-electron chi connectivity index (χ1n) is 5.95. The van der Waals surface area contributed by atoms with Crippen molar-refractivity contribution >= 4 is 15.9 Å². The SMILES string of the molecule is Cc1cc(CBr)cc(C)c1OCCOC(C)C. The number of halogens is 1. The Balaban J connectivity index is 2.59. The van der Waals surface area contributed by atoms with Gasteiger partial charge in [0.1, 0.15) is 12.4 Å². The summed E-state index contributed by atoms with van der Waals surface area (Å²) in [7, 11) is 0. The molecule has 0 N–H and O–H groups in total. The third-order valence-corrected chi connectivity index (χ3v) is 3.10. The second-order valence-electron chi connectivity index (χ2n) is 4.46. The summed E-state index contributed by atoms with van der Waals surface area (Å²) < 4.78 is 11.2. The predicted octanol–water partition coefficient (Wildman–Crippen LogP) is 4.00. The van der Waals surface area contributed by atoms with Crippen molar-refractivity contribution in [1.82, 2.24) is 0 Å². The fourth-order valence-electron chi connectivity index (χ4n) is 1.77. The Hall–Kier alpha value is -0.540. The van der Waals surface area contributed by atoms with Gasteiger partial charge in [-0.1, -0.05) is 28.1 Å². The van der Waals surface area contributed by atoms with E-state index < -0.39 is 0 Å². The quantitative estimate of drug-likeness (QED) is 0.584. The molecule has 0 amide bonds. The van der Waals surface area contributed by atoms with Gasteiger partial charge in [-0.05, 0) is 44.4 Å². The average Bonchev–Trinajstić information content (AvgIpc) is 2.26. The number of hydrogen-bond acceptors (Lipinski definition) is 2. The number of alkyl halides is 1. The van der Waals surface area contributed by atoms with Gasteiger partial charge in [-0.2, -0.15) is 0 Å². The molecule has 0 heterocycles. The van der Waals surface area contributed by atoms with Crippen molar-refractivity contribution in [2.45, 2.75) is 39.1 Å². The molecule has 1 aromatic carbocycles. The molecule has 0 bridgehead atoms. The molecule has 0 aliphatic carbocycles. The molecule has 3 heteroatoms. The number of rotatable bonds is 6. The molecular weight excluding hydrogens is 280 g/mol. The van der Waals surface area contributed by atoms with Gasteiger partial charge in [0, 0.05) is 5.33 Å². The van der Waals surface area contributed by atoms with Gasteiger partial charge < -0.3 is 9.47 Å². The maximum Gasteiger partial charge on any atom is 0.125 e. The molecule has 0 fully saturated rings. The lowest BCUT2D eigenvalue weighted by Crippen LogP contribution is -2.12. The molecule has 17 heavy (non-hydrogen) atoms. The first-order chi connectivity index (χ1) is 8.04. The van der Waals surface area contributed by atoms with Crippen molar-refractivity contribution in [2.24, 2.45) is 0 Å². The van der Waals surface area contributed by atoms with E-state index in [0.717, 1.165) is 11.1 Å². The molecular formula is C14H21BrO2. The summed E-state index contributed by atoms with van der Waals surface area (Å²) in [6.07, 6.45) is 0.261. The van der Waals surface area contributed by atoms with Crippen LogP contribution >= 0.6 is 15.9 Å². The molecule has 0 aliphatic heterocycles. The van der Waals surface area contributed by atoms with Gasteiger partial charge in [0.05, 0.1) is 12.7 Å². The van der Waals surface area contributed by atoms with E-state index in [1.807, 2.05) is 13.8 Å². The molecule has 0 saturated heterocycles. The van der Waals surface area contributed by atoms with E-state index in [0.29, 0.717) is 13.2 Å². The number of hydrogen-bond donors (Lipinski definition) is 0. The van der Waals surface area contributed by atoms with E-state index in [-0.39, 0.29) is 6.10 Å². The molecule has 0 aliphatic rings. The lowest BCUT2D eigenvalue weighted by atomic mass is 10.1. The molecule has 0 atom stereocenters. The van der Waals surface area contributed by atoms with Gasteiger partial charge in [-0.15, -0.1) is 0 Å². The minimum atomic E-state index is 0.261. The average molecular weight is 301 g/mol. The standard InChI is InChI=1S/C14H21BrO2/c1-10(2)16-5-6-17-14-11(3)7-13(9-15)8-12(14)4/h7-8,10H,5-6,9H2,1-4H3. The maximum absolute atomic E-state index is 5.78. The molecule has 0 spiro atoms. The Morgan fingerprint density at radius 1 is 1.12 bits per heavy atom. The highest BCUT2D eigenvalue weighted by atomic mass is 79.9. The fraction of sp³-hybridized carbons (Fsp3) is 0.571. The zero-order valence-electron chi connectivity index (χ0n) is 11.0. The van der Waals surface area contributed by atoms with Gasteiger partial charge in [0.2, 0.25) is 0 Å². The van der Waals surface area contributed by atoms with Crippen molar-refractivity contribution in [3.63, 3.8) is 0 Å². The van der Waals surface area contributed by atoms with E-state index in [2.05, 4.69) is 41.9 Å². The summed E-state index contributed by atoms with van der Waals surface area (Å²) in [6, 6.07) is 4.31. The zero-order chi connectivity index (χ0) is 12.8. The largest absolute Gasteiger partial charge is 0.491 e. The van der Waals surface area contributed by atoms with E-state index in [4.69, 9.17) is 9.47 Å². The van der Waals surface area contributed by atoms with Crippen molar-refractivity contribution < 1.29 is 9.47 Å². The first-order valence-corrected chi connectivity index (χ1v) is 7.07. The Labute approximate surface area is 112 Å². The molecule has 1 aromatic rings. The minimum absolute atomic E-state index is 0.261. The molecule has 0 saturated carbocycles. The van der Waals surface area contributed by atoms with Crippen molar-refractivity contribution in [1.29, 1.82) is 0 Å². The topological polar surface area (TPSA) is 18.5 Å². The Kier molecular flexibility index (Phi) is 6.00. The van der Waals surface area contributed by atoms with Crippen LogP contribution in [0.15, 0.2) is 12.1 Å². The molecule has 1 rings (SSSR count). The second kappa shape index (κ2) is 7.02. The van der Waals surface area contributed by atoms with Crippen LogP contribution in [0.2, 0.25) is 0 Å². The lowest BCUT2D eigenvalue weighted by molar-refractivity contribution is 0.0550. The first kappa shape index (κ1) is 14.5. The monoisotopic (exact) mass is 300 g/mol. The molecule has 2 nitrogen and oxygen atoms in total. The van der Waals surface area contributed by atoms with Gasteiger partial charge in [0.25, 0.3) is 0 Å². The third kappa shape index (κ3) is 4.68. The molecule has 0 radical (unpaired) electrons. The summed E-state index contributed by atoms with van der Waals surface area (Å²) in [5.74, 6) is 0.988. The second-order valence-corrected chi connectivity index (χ2v) is 5.02. The third-order valence-electron chi connectivity index (χ3n) is 2.46. The summed E-state index contributed by atoms with van der Waals surface area (Å²) >= 11 is 3.47. The van der Waals surface area contributed by atoms with E-state index in [1.165, 1.54) is 16.7 Å². The summed E-state index contributed by atoms with van der Waals surface area (Å²) in [5.41, 5.74) is 3.65. The van der Waals surface area contributed by atoms with Crippen molar-refractivity contribution in [3.05, 3.63) is 28.8 Å². The smallest absolute Gasteiger partial charge is 0.125 e. The van der Waals surface area contributed by atoms with Crippen LogP contribution in [0.3, 0.4) is 0 Å². The van der Waals surface area contributed by atoms with Gasteiger partial charge in [-0.3, -0.25) is 0 Å². The van der Waals surface area contributed by atoms with Crippen LogP contribution in [0.25, 0.3) is 0 Å². The Morgan fingerprint density at radius 3 is 2.18 bits per heavy atom. The molecule has 96 valence electrons. The van der Waals surface area contributed by atoms with Crippen LogP contribution in [-0.2, 0) is 10.1 Å². The highest BCUT2D eigenvalue weighted by Gasteiger charge is 2.06. The highest BCUT2D eigenvalue weighted by Crippen LogP contribution is 2.25. The van der Waals surface area contributed by atoms with Crippen LogP contribution in [-0.4, -0.2) is 19.3 Å². The molecule has 0 aromatic heterocycles. The number of benzene rings is 1. The Morgan fingerprint density at radius 2 is 1.71 bits per heavy atom. The van der Waals surface area contributed by atoms with Gasteiger partial charge in [-0.25, -0.2) is 0 Å². The van der Waals surface area contributed by atoms with Crippen LogP contribution < -0.4 is 4.74 Å². The van der Waals surface area contributed by atoms with E-state index in [1.54, 1.807) is 0 Å². The van der Waals surface area contributed by atoms with Gasteiger partial charge >= 0.3 is 0 Å². The van der Waals surface area contributed by atoms with E-state index in [9.17, 15) is 0 Å². The minimum Gasteiger partial charge on any atom is -0.491 e. The maximum atomic E-state index is 5.78. The number of aryl methyl sites for hydroxylation is 2. The summed E-state index contributed by atoms with van der Waals surface area (Å²) in [5, 5.41) is 0.880. The highest BCUT2D eigenvalue weighted by molar-refractivity contribution is 9.08. The normalized spacial score (nSPS) is 10.9. The Bertz CT molecular complexity index is 338. The van der Waals surface area contributed by atoms with Crippen LogP contribution in [0.4, 0.5) is 0 Å². The summed E-state index contributed by atoms with van der Waals surface area (Å²) in [6.45, 7) is 9.46.